The SMILES string of the molecule is CC(C)(C)OC(=O)CCCCCCCCCCCCCCCCCCC(=O)N[C@@H](CCC(N)=O)C(=O)OC(C)(C)C.CCOCCOCC(=O)NCCOCCOCC(=O)O. The number of nitrogens with one attached hydrogen (secondary N) is 2. The van der Waals surface area contributed by atoms with Crippen molar-refractivity contribution in [3.63, 3.8) is 0 Å². The van der Waals surface area contributed by atoms with E-state index < -0.39 is 29.5 Å². The molecule has 0 unspecified atom stereocenters. The van der Waals surface area contributed by atoms with Crippen LogP contribution in [0.5, 0.6) is 0 Å². The predicted octanol–water partition coefficient (Wildman–Crippen LogP) is 6.72. The Balaban J connectivity index is 0. The van der Waals surface area contributed by atoms with E-state index in [0.29, 0.717) is 45.8 Å². The van der Waals surface area contributed by atoms with Crippen LogP contribution in [0.4, 0.5) is 0 Å². The van der Waals surface area contributed by atoms with Gasteiger partial charge in [0.25, 0.3) is 0 Å². The molecule has 16 heteroatoms. The van der Waals surface area contributed by atoms with Crippen LogP contribution in [0, 0.1) is 0 Å². The third-order valence-electron chi connectivity index (χ3n) is 8.64. The molecule has 0 saturated heterocycles. The number of unbranched alkanes of at least 4 members (excludes halogenated alkanes) is 15. The van der Waals surface area contributed by atoms with Crippen LogP contribution in [-0.2, 0) is 57.2 Å². The molecule has 0 fully saturated rings. The van der Waals surface area contributed by atoms with E-state index in [1.807, 2.05) is 27.7 Å². The zero-order chi connectivity index (χ0) is 46.2. The smallest absolute Gasteiger partial charge is 0.329 e. The first-order chi connectivity index (χ1) is 28.9. The summed E-state index contributed by atoms with van der Waals surface area (Å²) in [6, 6.07) is -0.850. The largest absolute Gasteiger partial charge is 0.480 e. The second kappa shape index (κ2) is 39.5. The number of rotatable bonds is 38. The fraction of sp³-hybridized carbons (Fsp3) is 0.867. The van der Waals surface area contributed by atoms with Crippen molar-refractivity contribution in [1.82, 2.24) is 10.6 Å². The highest BCUT2D eigenvalue weighted by molar-refractivity contribution is 5.85. The van der Waals surface area contributed by atoms with Gasteiger partial charge in [-0.15, -0.1) is 0 Å². The minimum atomic E-state index is -1.01. The van der Waals surface area contributed by atoms with E-state index in [-0.39, 0.29) is 62.7 Å². The van der Waals surface area contributed by atoms with Gasteiger partial charge in [-0.3, -0.25) is 19.2 Å². The summed E-state index contributed by atoms with van der Waals surface area (Å²) in [5.74, 6) is -2.54. The number of aliphatic carboxylic acids is 1. The van der Waals surface area contributed by atoms with Gasteiger partial charge in [0.1, 0.15) is 30.5 Å². The van der Waals surface area contributed by atoms with Gasteiger partial charge in [0, 0.05) is 32.4 Å². The average Bonchev–Trinajstić information content (AvgIpc) is 3.15. The lowest BCUT2D eigenvalue weighted by Gasteiger charge is -2.24. The van der Waals surface area contributed by atoms with E-state index in [2.05, 4.69) is 10.6 Å². The van der Waals surface area contributed by atoms with Gasteiger partial charge in [0.15, 0.2) is 0 Å². The number of primary amides is 1. The van der Waals surface area contributed by atoms with Crippen LogP contribution in [0.2, 0.25) is 0 Å². The van der Waals surface area contributed by atoms with Gasteiger partial charge < -0.3 is 49.9 Å². The Labute approximate surface area is 367 Å². The van der Waals surface area contributed by atoms with Crippen LogP contribution in [0.15, 0.2) is 0 Å². The predicted molar refractivity (Wildman–Crippen MR) is 235 cm³/mol. The van der Waals surface area contributed by atoms with Crippen LogP contribution < -0.4 is 16.4 Å². The number of esters is 2. The van der Waals surface area contributed by atoms with E-state index in [4.69, 9.17) is 39.3 Å². The van der Waals surface area contributed by atoms with Crippen LogP contribution >= 0.6 is 0 Å². The first-order valence-corrected chi connectivity index (χ1v) is 22.7. The highest BCUT2D eigenvalue weighted by Gasteiger charge is 2.27. The molecule has 0 aromatic rings. The number of ether oxygens (including phenoxy) is 6. The van der Waals surface area contributed by atoms with Crippen molar-refractivity contribution in [3.05, 3.63) is 0 Å². The molecule has 358 valence electrons. The summed E-state index contributed by atoms with van der Waals surface area (Å²) < 4.78 is 30.7. The van der Waals surface area contributed by atoms with Crippen molar-refractivity contribution in [2.45, 2.75) is 194 Å². The van der Waals surface area contributed by atoms with Gasteiger partial charge in [-0.2, -0.15) is 0 Å². The van der Waals surface area contributed by atoms with Gasteiger partial charge >= 0.3 is 17.9 Å². The Morgan fingerprint density at radius 2 is 0.984 bits per heavy atom. The molecule has 0 bridgehead atoms. The van der Waals surface area contributed by atoms with Crippen LogP contribution in [-0.4, -0.2) is 117 Å². The molecule has 0 heterocycles. The lowest BCUT2D eigenvalue weighted by atomic mass is 10.0. The molecule has 5 N–H and O–H groups in total. The maximum atomic E-state index is 12.4. The Morgan fingerprint density at radius 3 is 1.44 bits per heavy atom. The molecule has 0 aromatic heterocycles. The summed E-state index contributed by atoms with van der Waals surface area (Å²) in [5, 5.41) is 13.6. The van der Waals surface area contributed by atoms with Crippen molar-refractivity contribution >= 4 is 35.6 Å². The monoisotopic (exact) mass is 876 g/mol. The van der Waals surface area contributed by atoms with Gasteiger partial charge in [-0.25, -0.2) is 9.59 Å². The highest BCUT2D eigenvalue weighted by atomic mass is 16.6. The Morgan fingerprint density at radius 1 is 0.541 bits per heavy atom. The third-order valence-corrected chi connectivity index (χ3v) is 8.64. The molecule has 16 nitrogen and oxygen atoms in total. The molecular formula is C45H85N3O13. The highest BCUT2D eigenvalue weighted by Crippen LogP contribution is 2.16. The lowest BCUT2D eigenvalue weighted by molar-refractivity contribution is -0.159. The molecule has 1 atom stereocenters. The first kappa shape index (κ1) is 59.8. The zero-order valence-electron chi connectivity index (χ0n) is 39.0. The van der Waals surface area contributed by atoms with Gasteiger partial charge in [0.2, 0.25) is 17.7 Å². The van der Waals surface area contributed by atoms with Crippen molar-refractivity contribution < 1.29 is 62.3 Å². The van der Waals surface area contributed by atoms with E-state index in [9.17, 15) is 28.8 Å². The number of carboxylic acids is 1. The van der Waals surface area contributed by atoms with Gasteiger partial charge in [0.05, 0.1) is 33.0 Å². The molecule has 0 saturated carbocycles. The molecule has 0 aliphatic carbocycles. The maximum Gasteiger partial charge on any atom is 0.329 e. The van der Waals surface area contributed by atoms with E-state index >= 15 is 0 Å². The summed E-state index contributed by atoms with van der Waals surface area (Å²) in [6.07, 6.45) is 20.0. The van der Waals surface area contributed by atoms with Crippen molar-refractivity contribution in [2.24, 2.45) is 5.73 Å². The minimum absolute atomic E-state index is 0.00516. The molecule has 0 aliphatic heterocycles. The maximum absolute atomic E-state index is 12.4. The Bertz CT molecular complexity index is 1160. The van der Waals surface area contributed by atoms with Gasteiger partial charge in [-0.1, -0.05) is 89.9 Å². The second-order valence-corrected chi connectivity index (χ2v) is 17.1. The zero-order valence-corrected chi connectivity index (χ0v) is 39.0. The van der Waals surface area contributed by atoms with Crippen LogP contribution in [0.3, 0.4) is 0 Å². The summed E-state index contributed by atoms with van der Waals surface area (Å²) >= 11 is 0. The molecule has 0 rings (SSSR count). The topological polar surface area (TPSA) is 228 Å². The van der Waals surface area contributed by atoms with Gasteiger partial charge in [-0.05, 0) is 67.7 Å². The third kappa shape index (κ3) is 49.2. The number of carboxylic acid groups (broad SMARTS) is 1. The normalized spacial score (nSPS) is 11.9. The Kier molecular flexibility index (Phi) is 38.7. The lowest BCUT2D eigenvalue weighted by Crippen LogP contribution is -2.44. The molecule has 61 heavy (non-hydrogen) atoms. The quantitative estimate of drug-likeness (QED) is 0.0374. The number of amides is 3. The van der Waals surface area contributed by atoms with Crippen molar-refractivity contribution in [3.8, 4) is 0 Å². The number of hydrogen-bond acceptors (Lipinski definition) is 12. The summed E-state index contributed by atoms with van der Waals surface area (Å²) in [4.78, 5) is 68.9. The van der Waals surface area contributed by atoms with Crippen LogP contribution in [0.25, 0.3) is 0 Å². The fourth-order valence-corrected chi connectivity index (χ4v) is 5.72. The van der Waals surface area contributed by atoms with Crippen molar-refractivity contribution in [1.29, 1.82) is 0 Å². The number of nitrogens with two attached hydrogens (primary N) is 1. The number of carbonyl (C=O) groups excluding carboxylic acids is 5. The molecule has 3 amide bonds. The second-order valence-electron chi connectivity index (χ2n) is 17.1. The molecule has 0 aromatic carbocycles. The van der Waals surface area contributed by atoms with E-state index in [1.165, 1.54) is 70.6 Å². The summed E-state index contributed by atoms with van der Waals surface area (Å²) in [6.45, 7) is 15.3. The molecule has 0 radical (unpaired) electrons. The fourth-order valence-electron chi connectivity index (χ4n) is 5.72. The van der Waals surface area contributed by atoms with Crippen molar-refractivity contribution in [2.75, 3.05) is 59.4 Å². The Hall–Kier alpha value is -3.34. The van der Waals surface area contributed by atoms with E-state index in [0.717, 1.165) is 32.1 Å². The average molecular weight is 876 g/mol. The minimum Gasteiger partial charge on any atom is -0.480 e. The van der Waals surface area contributed by atoms with Crippen LogP contribution in [0.1, 0.15) is 177 Å². The first-order valence-electron chi connectivity index (χ1n) is 22.7. The van der Waals surface area contributed by atoms with E-state index in [1.54, 1.807) is 20.8 Å². The standard InChI is InChI=1S/C33H62N2O6.C12H23NO7/c1-32(2,3)40-30(38)24-22-20-18-16-14-12-10-8-7-9-11-13-15-17-19-21-23-29(37)35-27(25-26-28(34)36)31(39)41-33(4,5)6;1-2-17-5-7-19-9-11(14)13-3-4-18-6-8-20-10-12(15)16/h27H,7-26H2,1-6H3,(H2,34,36)(H,35,37);2-10H2,1H3,(H,13,14)(H,15,16)/t27-;/m0./s1. The number of carbonyl (C=O) groups is 6. The molecular weight excluding hydrogens is 791 g/mol. The number of hydrogen-bond donors (Lipinski definition) is 4. The molecule has 0 spiro atoms. The summed E-state index contributed by atoms with van der Waals surface area (Å²) in [7, 11) is 0. The molecule has 0 aliphatic rings. The summed E-state index contributed by atoms with van der Waals surface area (Å²) in [5.41, 5.74) is 4.16.